The summed E-state index contributed by atoms with van der Waals surface area (Å²) in [5.74, 6) is 0.151. The zero-order valence-electron chi connectivity index (χ0n) is 12.7. The summed E-state index contributed by atoms with van der Waals surface area (Å²) in [7, 11) is 0. The van der Waals surface area contributed by atoms with E-state index in [-0.39, 0.29) is 11.4 Å². The maximum atomic E-state index is 12.3. The molecule has 3 N–H and O–H groups in total. The Labute approximate surface area is 127 Å². The maximum absolute atomic E-state index is 12.3. The summed E-state index contributed by atoms with van der Waals surface area (Å²) in [5, 5.41) is 3.23. The summed E-state index contributed by atoms with van der Waals surface area (Å²) in [6, 6.07) is 8.54. The number of benzene rings is 1. The van der Waals surface area contributed by atoms with Gasteiger partial charge in [-0.25, -0.2) is 0 Å². The van der Waals surface area contributed by atoms with Crippen LogP contribution in [0.3, 0.4) is 0 Å². The van der Waals surface area contributed by atoms with Crippen LogP contribution in [0, 0.1) is 0 Å². The molecular formula is C18H26N2O. The van der Waals surface area contributed by atoms with Crippen molar-refractivity contribution in [1.82, 2.24) is 5.32 Å². The highest BCUT2D eigenvalue weighted by Crippen LogP contribution is 2.44. The summed E-state index contributed by atoms with van der Waals surface area (Å²) in [6.45, 7) is 0. The minimum absolute atomic E-state index is 0.151. The van der Waals surface area contributed by atoms with Gasteiger partial charge in [0.05, 0.1) is 6.42 Å². The van der Waals surface area contributed by atoms with E-state index in [1.165, 1.54) is 31.2 Å². The van der Waals surface area contributed by atoms with Gasteiger partial charge < -0.3 is 11.1 Å². The first-order valence-electron chi connectivity index (χ1n) is 8.34. The molecule has 2 aliphatic carbocycles. The monoisotopic (exact) mass is 286 g/mol. The van der Waals surface area contributed by atoms with E-state index in [1.807, 2.05) is 12.1 Å². The Kier molecular flexibility index (Phi) is 4.29. The number of amides is 1. The van der Waals surface area contributed by atoms with Crippen molar-refractivity contribution in [2.45, 2.75) is 69.4 Å². The van der Waals surface area contributed by atoms with Gasteiger partial charge in [0.2, 0.25) is 5.91 Å². The van der Waals surface area contributed by atoms with E-state index in [0.717, 1.165) is 31.2 Å². The predicted octanol–water partition coefficient (Wildman–Crippen LogP) is 3.02. The third kappa shape index (κ3) is 3.65. The number of nitrogens with two attached hydrogens (primary N) is 1. The molecule has 2 saturated carbocycles. The number of hydrogen-bond acceptors (Lipinski definition) is 2. The van der Waals surface area contributed by atoms with Crippen LogP contribution in [0.15, 0.2) is 24.3 Å². The molecule has 0 heterocycles. The lowest BCUT2D eigenvalue weighted by Crippen LogP contribution is -2.36. The fraction of sp³-hybridized carbons (Fsp3) is 0.611. The second-order valence-corrected chi connectivity index (χ2v) is 6.75. The van der Waals surface area contributed by atoms with Crippen LogP contribution < -0.4 is 11.1 Å². The van der Waals surface area contributed by atoms with Gasteiger partial charge in [-0.2, -0.15) is 0 Å². The molecule has 3 heteroatoms. The molecule has 0 atom stereocenters. The molecule has 0 saturated heterocycles. The minimum Gasteiger partial charge on any atom is -0.353 e. The van der Waals surface area contributed by atoms with Gasteiger partial charge in [0, 0.05) is 11.6 Å². The van der Waals surface area contributed by atoms with Crippen LogP contribution in [-0.4, -0.2) is 11.9 Å². The summed E-state index contributed by atoms with van der Waals surface area (Å²) in [5.41, 5.74) is 8.42. The Balaban J connectivity index is 1.62. The molecule has 0 aromatic heterocycles. The molecule has 3 rings (SSSR count). The highest BCUT2D eigenvalue weighted by Gasteiger charge is 2.41. The van der Waals surface area contributed by atoms with Crippen LogP contribution in [0.1, 0.15) is 62.5 Å². The van der Waals surface area contributed by atoms with Gasteiger partial charge in [-0.1, -0.05) is 49.9 Å². The molecule has 21 heavy (non-hydrogen) atoms. The highest BCUT2D eigenvalue weighted by molar-refractivity contribution is 5.79. The number of carbonyl (C=O) groups excluding carboxylic acids is 1. The number of nitrogens with one attached hydrogen (secondary N) is 1. The first-order valence-corrected chi connectivity index (χ1v) is 8.34. The molecule has 1 aromatic carbocycles. The fourth-order valence-electron chi connectivity index (χ4n) is 3.44. The average Bonchev–Trinajstić information content (AvgIpc) is 3.25. The molecule has 3 nitrogen and oxygen atoms in total. The van der Waals surface area contributed by atoms with E-state index >= 15 is 0 Å². The Hall–Kier alpha value is -1.35. The molecule has 1 amide bonds. The van der Waals surface area contributed by atoms with Crippen molar-refractivity contribution in [1.29, 1.82) is 0 Å². The smallest absolute Gasteiger partial charge is 0.224 e. The summed E-state index contributed by atoms with van der Waals surface area (Å²) < 4.78 is 0. The van der Waals surface area contributed by atoms with Crippen LogP contribution in [-0.2, 0) is 16.8 Å². The number of rotatable bonds is 4. The van der Waals surface area contributed by atoms with Crippen LogP contribution in [0.5, 0.6) is 0 Å². The third-order valence-electron chi connectivity index (χ3n) is 4.91. The van der Waals surface area contributed by atoms with E-state index in [9.17, 15) is 4.79 Å². The van der Waals surface area contributed by atoms with E-state index in [0.29, 0.717) is 12.5 Å². The Bertz CT molecular complexity index is 500. The van der Waals surface area contributed by atoms with Crippen molar-refractivity contribution in [2.75, 3.05) is 0 Å². The van der Waals surface area contributed by atoms with Crippen LogP contribution in [0.25, 0.3) is 0 Å². The summed E-state index contributed by atoms with van der Waals surface area (Å²) in [4.78, 5) is 12.3. The molecular weight excluding hydrogens is 260 g/mol. The highest BCUT2D eigenvalue weighted by atomic mass is 16.1. The Morgan fingerprint density at radius 1 is 1.14 bits per heavy atom. The molecule has 0 bridgehead atoms. The summed E-state index contributed by atoms with van der Waals surface area (Å²) >= 11 is 0. The molecule has 2 fully saturated rings. The van der Waals surface area contributed by atoms with Crippen LogP contribution in [0.4, 0.5) is 0 Å². The standard InChI is InChI=1S/C18H26N2O/c19-18(11-12-18)16-10-6-5-7-14(16)13-17(21)20-15-8-3-1-2-4-9-15/h5-7,10,15H,1-4,8-9,11-13,19H2,(H,20,21). The maximum Gasteiger partial charge on any atom is 0.224 e. The van der Waals surface area contributed by atoms with Crippen molar-refractivity contribution >= 4 is 5.91 Å². The molecule has 1 aromatic rings. The van der Waals surface area contributed by atoms with Crippen LogP contribution in [0.2, 0.25) is 0 Å². The first kappa shape index (κ1) is 14.6. The molecule has 0 spiro atoms. The lowest BCUT2D eigenvalue weighted by Gasteiger charge is -2.18. The number of carbonyl (C=O) groups is 1. The quantitative estimate of drug-likeness (QED) is 0.836. The molecule has 2 aliphatic rings. The van der Waals surface area contributed by atoms with Gasteiger partial charge in [-0.3, -0.25) is 4.79 Å². The van der Waals surface area contributed by atoms with Gasteiger partial charge in [0.25, 0.3) is 0 Å². The van der Waals surface area contributed by atoms with E-state index in [4.69, 9.17) is 5.73 Å². The minimum atomic E-state index is -0.167. The van der Waals surface area contributed by atoms with Gasteiger partial charge in [-0.05, 0) is 36.8 Å². The SMILES string of the molecule is NC1(c2ccccc2CC(=O)NC2CCCCCC2)CC1. The second kappa shape index (κ2) is 6.18. The van der Waals surface area contributed by atoms with Crippen molar-refractivity contribution in [3.63, 3.8) is 0 Å². The van der Waals surface area contributed by atoms with Gasteiger partial charge in [0.1, 0.15) is 0 Å². The Morgan fingerprint density at radius 3 is 2.48 bits per heavy atom. The predicted molar refractivity (Wildman–Crippen MR) is 84.9 cm³/mol. The molecule has 0 unspecified atom stereocenters. The van der Waals surface area contributed by atoms with Crippen molar-refractivity contribution < 1.29 is 4.79 Å². The number of hydrogen-bond donors (Lipinski definition) is 2. The third-order valence-corrected chi connectivity index (χ3v) is 4.91. The zero-order chi connectivity index (χ0) is 14.7. The van der Waals surface area contributed by atoms with E-state index in [1.54, 1.807) is 0 Å². The largest absolute Gasteiger partial charge is 0.353 e. The topological polar surface area (TPSA) is 55.1 Å². The lowest BCUT2D eigenvalue weighted by atomic mass is 9.96. The summed E-state index contributed by atoms with van der Waals surface area (Å²) in [6.07, 6.45) is 9.91. The van der Waals surface area contributed by atoms with Crippen LogP contribution >= 0.6 is 0 Å². The second-order valence-electron chi connectivity index (χ2n) is 6.75. The Morgan fingerprint density at radius 2 is 1.81 bits per heavy atom. The first-order chi connectivity index (χ1) is 10.2. The van der Waals surface area contributed by atoms with Gasteiger partial charge in [-0.15, -0.1) is 0 Å². The van der Waals surface area contributed by atoms with E-state index < -0.39 is 0 Å². The van der Waals surface area contributed by atoms with E-state index in [2.05, 4.69) is 17.4 Å². The zero-order valence-corrected chi connectivity index (χ0v) is 12.7. The normalized spacial score (nSPS) is 21.6. The molecule has 0 radical (unpaired) electrons. The van der Waals surface area contributed by atoms with Crippen molar-refractivity contribution in [3.05, 3.63) is 35.4 Å². The molecule has 114 valence electrons. The van der Waals surface area contributed by atoms with Gasteiger partial charge >= 0.3 is 0 Å². The molecule has 0 aliphatic heterocycles. The lowest BCUT2D eigenvalue weighted by molar-refractivity contribution is -0.121. The average molecular weight is 286 g/mol. The van der Waals surface area contributed by atoms with Crippen molar-refractivity contribution in [3.8, 4) is 0 Å². The van der Waals surface area contributed by atoms with Crippen molar-refractivity contribution in [2.24, 2.45) is 5.73 Å². The van der Waals surface area contributed by atoms with Gasteiger partial charge in [0.15, 0.2) is 0 Å². The fourth-order valence-corrected chi connectivity index (χ4v) is 3.44.